The molecule has 0 spiro atoms. The van der Waals surface area contributed by atoms with E-state index in [-0.39, 0.29) is 55.8 Å². The van der Waals surface area contributed by atoms with Crippen LogP contribution in [0.15, 0.2) is 24.3 Å². The summed E-state index contributed by atoms with van der Waals surface area (Å²) < 4.78 is 5.28. The van der Waals surface area contributed by atoms with Crippen molar-refractivity contribution in [3.05, 3.63) is 29.8 Å². The summed E-state index contributed by atoms with van der Waals surface area (Å²) in [7, 11) is 1.66. The molecule has 0 saturated carbocycles. The van der Waals surface area contributed by atoms with Crippen molar-refractivity contribution >= 4 is 36.6 Å². The van der Waals surface area contributed by atoms with Crippen LogP contribution in [0.1, 0.15) is 18.5 Å². The van der Waals surface area contributed by atoms with E-state index >= 15 is 0 Å². The van der Waals surface area contributed by atoms with Crippen molar-refractivity contribution in [2.45, 2.75) is 13.0 Å². The van der Waals surface area contributed by atoms with Gasteiger partial charge in [0.2, 0.25) is 11.8 Å². The summed E-state index contributed by atoms with van der Waals surface area (Å²) in [6.07, 6.45) is 0. The van der Waals surface area contributed by atoms with E-state index in [0.29, 0.717) is 13.1 Å². The molecule has 1 atom stereocenters. The number of ether oxygens (including phenoxy) is 1. The average Bonchev–Trinajstić information content (AvgIpc) is 2.65. The molecule has 0 aromatic heterocycles. The molecule has 1 aliphatic heterocycles. The van der Waals surface area contributed by atoms with Crippen LogP contribution in [0.3, 0.4) is 0 Å². The predicted octanol–water partition coefficient (Wildman–Crippen LogP) is 0.819. The first kappa shape index (κ1) is 24.5. The lowest BCUT2D eigenvalue weighted by molar-refractivity contribution is -0.134. The van der Waals surface area contributed by atoms with Crippen LogP contribution in [0.5, 0.6) is 5.75 Å². The first-order chi connectivity index (χ1) is 11.5. The average molecular weight is 407 g/mol. The van der Waals surface area contributed by atoms with Crippen molar-refractivity contribution in [1.82, 2.24) is 15.1 Å². The van der Waals surface area contributed by atoms with Crippen LogP contribution in [-0.4, -0.2) is 68.0 Å². The van der Waals surface area contributed by atoms with Gasteiger partial charge in [0.05, 0.1) is 20.2 Å². The minimum atomic E-state index is -0.311. The van der Waals surface area contributed by atoms with E-state index in [1.807, 2.05) is 18.2 Å². The van der Waals surface area contributed by atoms with E-state index in [2.05, 4.69) is 23.2 Å². The third kappa shape index (κ3) is 6.64. The van der Waals surface area contributed by atoms with Gasteiger partial charge in [0.1, 0.15) is 5.75 Å². The molecule has 1 aliphatic rings. The molecule has 3 N–H and O–H groups in total. The van der Waals surface area contributed by atoms with Gasteiger partial charge in [-0.15, -0.1) is 24.8 Å². The number of carbonyl (C=O) groups excluding carboxylic acids is 2. The molecule has 9 heteroatoms. The molecule has 0 bridgehead atoms. The number of amides is 2. The standard InChI is InChI=1S/C17H26N4O3.2ClH/c1-13(14-4-3-5-15(10-14)24-2)20-6-8-21(9-7-20)17(23)12-19-16(22)11-18;;/h3-5,10,13H,6-9,11-12,18H2,1-2H3,(H,19,22);2*1H. The van der Waals surface area contributed by atoms with Crippen molar-refractivity contribution in [2.75, 3.05) is 46.4 Å². The third-order valence-corrected chi connectivity index (χ3v) is 4.41. The SMILES string of the molecule is COc1cccc(C(C)N2CCN(C(=O)CNC(=O)CN)CC2)c1.Cl.Cl. The van der Waals surface area contributed by atoms with E-state index in [9.17, 15) is 9.59 Å². The zero-order valence-corrected chi connectivity index (χ0v) is 16.8. The molecule has 1 saturated heterocycles. The molecule has 2 amide bonds. The number of nitrogens with two attached hydrogens (primary N) is 1. The summed E-state index contributed by atoms with van der Waals surface area (Å²) >= 11 is 0. The zero-order valence-electron chi connectivity index (χ0n) is 15.1. The molecular weight excluding hydrogens is 379 g/mol. The van der Waals surface area contributed by atoms with Crippen molar-refractivity contribution < 1.29 is 14.3 Å². The van der Waals surface area contributed by atoms with Crippen LogP contribution in [-0.2, 0) is 9.59 Å². The Morgan fingerprint density at radius 3 is 2.46 bits per heavy atom. The molecule has 148 valence electrons. The number of nitrogens with zero attached hydrogens (tertiary/aromatic N) is 2. The number of hydrogen-bond acceptors (Lipinski definition) is 5. The van der Waals surface area contributed by atoms with Gasteiger partial charge >= 0.3 is 0 Å². The lowest BCUT2D eigenvalue weighted by Gasteiger charge is -2.38. The summed E-state index contributed by atoms with van der Waals surface area (Å²) in [4.78, 5) is 27.3. The van der Waals surface area contributed by atoms with Gasteiger partial charge in [0.25, 0.3) is 0 Å². The number of methoxy groups -OCH3 is 1. The minimum absolute atomic E-state index is 0. The second-order valence-corrected chi connectivity index (χ2v) is 5.85. The fourth-order valence-corrected chi connectivity index (χ4v) is 2.83. The summed E-state index contributed by atoms with van der Waals surface area (Å²) in [6, 6.07) is 8.32. The van der Waals surface area contributed by atoms with E-state index in [1.54, 1.807) is 12.0 Å². The van der Waals surface area contributed by atoms with Gasteiger partial charge in [0, 0.05) is 32.2 Å². The highest BCUT2D eigenvalue weighted by molar-refractivity contribution is 5.86. The zero-order chi connectivity index (χ0) is 17.5. The maximum absolute atomic E-state index is 12.1. The normalized spacial score (nSPS) is 15.3. The van der Waals surface area contributed by atoms with Gasteiger partial charge in [0.15, 0.2) is 0 Å². The molecule has 2 rings (SSSR count). The van der Waals surface area contributed by atoms with Gasteiger partial charge in [-0.1, -0.05) is 12.1 Å². The minimum Gasteiger partial charge on any atom is -0.497 e. The molecule has 0 radical (unpaired) electrons. The highest BCUT2D eigenvalue weighted by atomic mass is 35.5. The molecule has 1 aromatic rings. The van der Waals surface area contributed by atoms with Gasteiger partial charge < -0.3 is 20.7 Å². The summed E-state index contributed by atoms with van der Waals surface area (Å²) in [6.45, 7) is 5.00. The molecule has 1 fully saturated rings. The van der Waals surface area contributed by atoms with Crippen molar-refractivity contribution in [1.29, 1.82) is 0 Å². The smallest absolute Gasteiger partial charge is 0.242 e. The topological polar surface area (TPSA) is 87.9 Å². The van der Waals surface area contributed by atoms with Gasteiger partial charge in [-0.2, -0.15) is 0 Å². The van der Waals surface area contributed by atoms with Crippen molar-refractivity contribution in [3.8, 4) is 5.75 Å². The Balaban J connectivity index is 0.00000312. The summed E-state index contributed by atoms with van der Waals surface area (Å²) in [5.41, 5.74) is 6.41. The maximum atomic E-state index is 12.1. The first-order valence-electron chi connectivity index (χ1n) is 8.17. The van der Waals surface area contributed by atoms with Gasteiger partial charge in [-0.3, -0.25) is 14.5 Å². The van der Waals surface area contributed by atoms with Crippen molar-refractivity contribution in [3.63, 3.8) is 0 Å². The fraction of sp³-hybridized carbons (Fsp3) is 0.529. The van der Waals surface area contributed by atoms with Gasteiger partial charge in [-0.05, 0) is 24.6 Å². The van der Waals surface area contributed by atoms with Crippen LogP contribution < -0.4 is 15.8 Å². The number of benzene rings is 1. The lowest BCUT2D eigenvalue weighted by atomic mass is 10.1. The molecule has 1 heterocycles. The van der Waals surface area contributed by atoms with Crippen molar-refractivity contribution in [2.24, 2.45) is 5.73 Å². The quantitative estimate of drug-likeness (QED) is 0.729. The third-order valence-electron chi connectivity index (χ3n) is 4.41. The molecular formula is C17H28Cl2N4O3. The molecule has 0 aliphatic carbocycles. The number of hydrogen-bond donors (Lipinski definition) is 2. The fourth-order valence-electron chi connectivity index (χ4n) is 2.83. The maximum Gasteiger partial charge on any atom is 0.242 e. The van der Waals surface area contributed by atoms with E-state index in [1.165, 1.54) is 5.56 Å². The highest BCUT2D eigenvalue weighted by Gasteiger charge is 2.24. The van der Waals surface area contributed by atoms with E-state index in [0.717, 1.165) is 18.8 Å². The largest absolute Gasteiger partial charge is 0.497 e. The Kier molecular flexibility index (Phi) is 11.2. The number of piperazine rings is 1. The molecule has 1 aromatic carbocycles. The van der Waals surface area contributed by atoms with Crippen LogP contribution in [0.4, 0.5) is 0 Å². The Hall–Kier alpha value is -1.54. The van der Waals surface area contributed by atoms with E-state index in [4.69, 9.17) is 10.5 Å². The van der Waals surface area contributed by atoms with Crippen LogP contribution in [0, 0.1) is 0 Å². The monoisotopic (exact) mass is 406 g/mol. The Bertz CT molecular complexity index is 581. The molecule has 1 unspecified atom stereocenters. The van der Waals surface area contributed by atoms with E-state index < -0.39 is 0 Å². The number of nitrogens with one attached hydrogen (secondary N) is 1. The molecule has 7 nitrogen and oxygen atoms in total. The Labute approximate surface area is 167 Å². The lowest BCUT2D eigenvalue weighted by Crippen LogP contribution is -2.51. The first-order valence-corrected chi connectivity index (χ1v) is 8.17. The number of carbonyl (C=O) groups is 2. The van der Waals surface area contributed by atoms with Crippen LogP contribution in [0.2, 0.25) is 0 Å². The number of halogens is 2. The van der Waals surface area contributed by atoms with Crippen LogP contribution in [0.25, 0.3) is 0 Å². The summed E-state index contributed by atoms with van der Waals surface area (Å²) in [5.74, 6) is 0.475. The summed E-state index contributed by atoms with van der Waals surface area (Å²) in [5, 5.41) is 2.52. The second kappa shape index (κ2) is 12.0. The Morgan fingerprint density at radius 2 is 1.88 bits per heavy atom. The molecule has 26 heavy (non-hydrogen) atoms. The second-order valence-electron chi connectivity index (χ2n) is 5.85. The Morgan fingerprint density at radius 1 is 1.23 bits per heavy atom. The highest BCUT2D eigenvalue weighted by Crippen LogP contribution is 2.24. The predicted molar refractivity (Wildman–Crippen MR) is 106 cm³/mol. The van der Waals surface area contributed by atoms with Gasteiger partial charge in [-0.25, -0.2) is 0 Å². The number of rotatable bonds is 6. The van der Waals surface area contributed by atoms with Crippen LogP contribution >= 0.6 is 24.8 Å².